The summed E-state index contributed by atoms with van der Waals surface area (Å²) in [6.07, 6.45) is 0.0244. The van der Waals surface area contributed by atoms with Crippen LogP contribution in [0.25, 0.3) is 0 Å². The highest BCUT2D eigenvalue weighted by atomic mass is 35.5. The van der Waals surface area contributed by atoms with Gasteiger partial charge in [0.05, 0.1) is 0 Å². The smallest absolute Gasteiger partial charge is 0.144 e. The highest BCUT2D eigenvalue weighted by molar-refractivity contribution is 6.30. The Morgan fingerprint density at radius 1 is 1.50 bits per heavy atom. The van der Waals surface area contributed by atoms with Gasteiger partial charge in [0.25, 0.3) is 0 Å². The van der Waals surface area contributed by atoms with Crippen LogP contribution >= 0.6 is 11.6 Å². The van der Waals surface area contributed by atoms with Crippen molar-refractivity contribution >= 4 is 17.4 Å². The third kappa shape index (κ3) is 3.03. The molecular formula is C12H15ClFNO. The normalized spacial score (nSPS) is 11.6. The van der Waals surface area contributed by atoms with E-state index in [-0.39, 0.29) is 18.7 Å². The predicted octanol–water partition coefficient (Wildman–Crippen LogP) is 2.58. The van der Waals surface area contributed by atoms with Crippen molar-refractivity contribution < 1.29 is 9.18 Å². The summed E-state index contributed by atoms with van der Waals surface area (Å²) in [5.74, 6) is -0.498. The topological polar surface area (TPSA) is 43.1 Å². The minimum absolute atomic E-state index is 0.0244. The lowest BCUT2D eigenvalue weighted by Gasteiger charge is -2.20. The van der Waals surface area contributed by atoms with Crippen LogP contribution in [0.4, 0.5) is 4.39 Å². The first-order valence-corrected chi connectivity index (χ1v) is 5.42. The molecule has 1 aromatic carbocycles. The molecule has 0 aliphatic carbocycles. The highest BCUT2D eigenvalue weighted by Crippen LogP contribution is 2.21. The molecule has 0 amide bonds. The molecule has 0 saturated heterocycles. The molecule has 0 radical (unpaired) electrons. The SMILES string of the molecule is CC(C)(CN)C(=O)Cc1cc(Cl)ccc1F. The summed E-state index contributed by atoms with van der Waals surface area (Å²) in [5.41, 5.74) is 5.18. The Morgan fingerprint density at radius 2 is 2.12 bits per heavy atom. The average molecular weight is 244 g/mol. The molecule has 0 aliphatic rings. The molecule has 16 heavy (non-hydrogen) atoms. The maximum Gasteiger partial charge on any atom is 0.144 e. The molecule has 0 aromatic heterocycles. The zero-order valence-electron chi connectivity index (χ0n) is 9.39. The number of benzene rings is 1. The van der Waals surface area contributed by atoms with Gasteiger partial charge in [-0.25, -0.2) is 4.39 Å². The number of Topliss-reactive ketones (excluding diaryl/α,β-unsaturated/α-hetero) is 1. The Bertz CT molecular complexity index is 404. The molecular weight excluding hydrogens is 229 g/mol. The van der Waals surface area contributed by atoms with Gasteiger partial charge in [0.1, 0.15) is 11.6 Å². The maximum absolute atomic E-state index is 13.4. The lowest BCUT2D eigenvalue weighted by atomic mass is 9.85. The Balaban J connectivity index is 2.89. The van der Waals surface area contributed by atoms with Crippen LogP contribution in [0.3, 0.4) is 0 Å². The van der Waals surface area contributed by atoms with Crippen molar-refractivity contribution in [3.63, 3.8) is 0 Å². The minimum atomic E-state index is -0.630. The summed E-state index contributed by atoms with van der Waals surface area (Å²) in [6, 6.07) is 4.20. The molecule has 1 aromatic rings. The van der Waals surface area contributed by atoms with E-state index in [9.17, 15) is 9.18 Å². The van der Waals surface area contributed by atoms with Crippen molar-refractivity contribution in [2.45, 2.75) is 20.3 Å². The number of hydrogen-bond donors (Lipinski definition) is 1. The van der Waals surface area contributed by atoms with Gasteiger partial charge in [-0.05, 0) is 23.8 Å². The van der Waals surface area contributed by atoms with Gasteiger partial charge in [-0.3, -0.25) is 4.79 Å². The van der Waals surface area contributed by atoms with Gasteiger partial charge in [-0.2, -0.15) is 0 Å². The van der Waals surface area contributed by atoms with Crippen molar-refractivity contribution in [3.05, 3.63) is 34.6 Å². The van der Waals surface area contributed by atoms with Crippen molar-refractivity contribution in [2.75, 3.05) is 6.54 Å². The van der Waals surface area contributed by atoms with Gasteiger partial charge in [-0.15, -0.1) is 0 Å². The van der Waals surface area contributed by atoms with Gasteiger partial charge < -0.3 is 5.73 Å². The quantitative estimate of drug-likeness (QED) is 0.883. The third-order valence-electron chi connectivity index (χ3n) is 2.62. The van der Waals surface area contributed by atoms with Gasteiger partial charge in [0.15, 0.2) is 0 Å². The molecule has 0 fully saturated rings. The molecule has 2 N–H and O–H groups in total. The van der Waals surface area contributed by atoms with E-state index in [0.717, 1.165) is 0 Å². The third-order valence-corrected chi connectivity index (χ3v) is 2.86. The molecule has 2 nitrogen and oxygen atoms in total. The fourth-order valence-electron chi connectivity index (χ4n) is 1.20. The van der Waals surface area contributed by atoms with E-state index in [1.54, 1.807) is 13.8 Å². The molecule has 0 spiro atoms. The fourth-order valence-corrected chi connectivity index (χ4v) is 1.40. The summed E-state index contributed by atoms with van der Waals surface area (Å²) in [4.78, 5) is 11.8. The summed E-state index contributed by atoms with van der Waals surface area (Å²) in [6.45, 7) is 3.74. The van der Waals surface area contributed by atoms with Gasteiger partial charge in [-0.1, -0.05) is 25.4 Å². The molecule has 88 valence electrons. The Morgan fingerprint density at radius 3 is 2.69 bits per heavy atom. The molecule has 4 heteroatoms. The van der Waals surface area contributed by atoms with E-state index in [2.05, 4.69) is 0 Å². The van der Waals surface area contributed by atoms with Crippen LogP contribution in [-0.2, 0) is 11.2 Å². The van der Waals surface area contributed by atoms with Crippen molar-refractivity contribution in [1.82, 2.24) is 0 Å². The molecule has 0 atom stereocenters. The maximum atomic E-state index is 13.4. The first kappa shape index (κ1) is 13.1. The van der Waals surface area contributed by atoms with Crippen molar-refractivity contribution in [1.29, 1.82) is 0 Å². The monoisotopic (exact) mass is 243 g/mol. The van der Waals surface area contributed by atoms with E-state index >= 15 is 0 Å². The number of ketones is 1. The van der Waals surface area contributed by atoms with E-state index < -0.39 is 11.2 Å². The zero-order valence-corrected chi connectivity index (χ0v) is 10.1. The number of halogens is 2. The fraction of sp³-hybridized carbons (Fsp3) is 0.417. The molecule has 0 aliphatic heterocycles. The van der Waals surface area contributed by atoms with Crippen LogP contribution in [-0.4, -0.2) is 12.3 Å². The number of rotatable bonds is 4. The number of nitrogens with two attached hydrogens (primary N) is 1. The van der Waals surface area contributed by atoms with E-state index in [1.807, 2.05) is 0 Å². The van der Waals surface area contributed by atoms with E-state index in [0.29, 0.717) is 10.6 Å². The molecule has 0 heterocycles. The minimum Gasteiger partial charge on any atom is -0.329 e. The number of carbonyl (C=O) groups is 1. The standard InChI is InChI=1S/C12H15ClFNO/c1-12(2,7-15)11(16)6-8-5-9(13)3-4-10(8)14/h3-5H,6-7,15H2,1-2H3. The van der Waals surface area contributed by atoms with Crippen LogP contribution in [0.15, 0.2) is 18.2 Å². The lowest BCUT2D eigenvalue weighted by Crippen LogP contribution is -2.34. The van der Waals surface area contributed by atoms with Gasteiger partial charge >= 0.3 is 0 Å². The Kier molecular flexibility index (Phi) is 4.05. The van der Waals surface area contributed by atoms with Crippen LogP contribution in [0.2, 0.25) is 5.02 Å². The van der Waals surface area contributed by atoms with Crippen molar-refractivity contribution in [3.8, 4) is 0 Å². The van der Waals surface area contributed by atoms with Crippen molar-refractivity contribution in [2.24, 2.45) is 11.1 Å². The highest BCUT2D eigenvalue weighted by Gasteiger charge is 2.26. The van der Waals surface area contributed by atoms with Gasteiger partial charge in [0, 0.05) is 23.4 Å². The molecule has 0 unspecified atom stereocenters. The van der Waals surface area contributed by atoms with Crippen LogP contribution in [0.5, 0.6) is 0 Å². The first-order chi connectivity index (χ1) is 7.36. The largest absolute Gasteiger partial charge is 0.329 e. The molecule has 1 rings (SSSR count). The summed E-state index contributed by atoms with van der Waals surface area (Å²) in [5, 5.41) is 0.426. The molecule has 0 saturated carbocycles. The molecule has 0 bridgehead atoms. The van der Waals surface area contributed by atoms with Gasteiger partial charge in [0.2, 0.25) is 0 Å². The number of hydrogen-bond acceptors (Lipinski definition) is 2. The Labute approximate surface area is 99.6 Å². The Hall–Kier alpha value is -0.930. The van der Waals surface area contributed by atoms with E-state index in [1.165, 1.54) is 18.2 Å². The number of carbonyl (C=O) groups excluding carboxylic acids is 1. The lowest BCUT2D eigenvalue weighted by molar-refractivity contribution is -0.126. The predicted molar refractivity (Wildman–Crippen MR) is 63.0 cm³/mol. The summed E-state index contributed by atoms with van der Waals surface area (Å²) >= 11 is 5.75. The van der Waals surface area contributed by atoms with Crippen LogP contribution in [0, 0.1) is 11.2 Å². The zero-order chi connectivity index (χ0) is 12.3. The second kappa shape index (κ2) is 4.93. The van der Waals surface area contributed by atoms with Crippen LogP contribution in [0.1, 0.15) is 19.4 Å². The summed E-state index contributed by atoms with van der Waals surface area (Å²) in [7, 11) is 0. The van der Waals surface area contributed by atoms with E-state index in [4.69, 9.17) is 17.3 Å². The first-order valence-electron chi connectivity index (χ1n) is 5.04. The second-order valence-corrected chi connectivity index (χ2v) is 4.86. The van der Waals surface area contributed by atoms with Crippen LogP contribution < -0.4 is 5.73 Å². The summed E-state index contributed by atoms with van der Waals surface area (Å²) < 4.78 is 13.4. The average Bonchev–Trinajstić information content (AvgIpc) is 2.23. The second-order valence-electron chi connectivity index (χ2n) is 4.42.